The molecular formula is C18H16F3NO4. The highest BCUT2D eigenvalue weighted by Crippen LogP contribution is 2.20. The fourth-order valence-electron chi connectivity index (χ4n) is 2.00. The van der Waals surface area contributed by atoms with E-state index >= 15 is 0 Å². The first-order chi connectivity index (χ1) is 12.3. The minimum absolute atomic E-state index is 0.420. The Hall–Kier alpha value is -3.03. The lowest BCUT2D eigenvalue weighted by molar-refractivity contribution is -0.149. The van der Waals surface area contributed by atoms with Crippen LogP contribution < -0.4 is 10.1 Å². The van der Waals surface area contributed by atoms with Gasteiger partial charge in [0.2, 0.25) is 0 Å². The fraction of sp³-hybridized carbons (Fsp3) is 0.222. The van der Waals surface area contributed by atoms with Gasteiger partial charge in [-0.2, -0.15) is 0 Å². The van der Waals surface area contributed by atoms with Gasteiger partial charge in [-0.25, -0.2) is 18.0 Å². The molecule has 0 aromatic heterocycles. The molecule has 5 nitrogen and oxygen atoms in total. The second-order valence-electron chi connectivity index (χ2n) is 5.49. The number of benzene rings is 2. The number of anilines is 1. The predicted octanol–water partition coefficient (Wildman–Crippen LogP) is 3.28. The lowest BCUT2D eigenvalue weighted by atomic mass is 10.1. The molecule has 138 valence electrons. The third kappa shape index (κ3) is 4.98. The summed E-state index contributed by atoms with van der Waals surface area (Å²) in [5, 5.41) is 1.99. The number of hydrogen-bond acceptors (Lipinski definition) is 4. The quantitative estimate of drug-likeness (QED) is 0.629. The van der Waals surface area contributed by atoms with Gasteiger partial charge in [0.05, 0.1) is 5.69 Å². The number of carbonyl (C=O) groups is 2. The Bertz CT molecular complexity index is 839. The molecule has 0 fully saturated rings. The van der Waals surface area contributed by atoms with Crippen LogP contribution in [0.2, 0.25) is 0 Å². The fourth-order valence-corrected chi connectivity index (χ4v) is 2.00. The van der Waals surface area contributed by atoms with Gasteiger partial charge >= 0.3 is 5.97 Å². The van der Waals surface area contributed by atoms with E-state index in [1.807, 2.05) is 31.3 Å². The van der Waals surface area contributed by atoms with Gasteiger partial charge in [0.1, 0.15) is 5.75 Å². The van der Waals surface area contributed by atoms with Gasteiger partial charge in [-0.3, -0.25) is 4.79 Å². The molecule has 2 aromatic carbocycles. The average Bonchev–Trinajstić information content (AvgIpc) is 2.61. The number of esters is 1. The van der Waals surface area contributed by atoms with Crippen molar-refractivity contribution < 1.29 is 32.2 Å². The maximum Gasteiger partial charge on any atom is 0.344 e. The van der Waals surface area contributed by atoms with Crippen LogP contribution in [0.4, 0.5) is 18.9 Å². The molecule has 0 saturated heterocycles. The number of amides is 1. The Labute approximate surface area is 147 Å². The molecule has 1 amide bonds. The van der Waals surface area contributed by atoms with Gasteiger partial charge in [-0.15, -0.1) is 0 Å². The Morgan fingerprint density at radius 3 is 2.46 bits per heavy atom. The summed E-state index contributed by atoms with van der Waals surface area (Å²) in [6.07, 6.45) is 0. The van der Waals surface area contributed by atoms with Crippen molar-refractivity contribution in [2.45, 2.75) is 13.8 Å². The molecule has 0 spiro atoms. The zero-order valence-corrected chi connectivity index (χ0v) is 14.1. The first kappa shape index (κ1) is 19.3. The molecule has 26 heavy (non-hydrogen) atoms. The van der Waals surface area contributed by atoms with Crippen molar-refractivity contribution in [3.63, 3.8) is 0 Å². The SMILES string of the molecule is Cc1ccc(C)c(OCC(=O)OCC(=O)Nc2ccc(F)c(F)c2F)c1. The van der Waals surface area contributed by atoms with Crippen molar-refractivity contribution in [3.8, 4) is 5.75 Å². The second-order valence-corrected chi connectivity index (χ2v) is 5.49. The number of nitrogens with one attached hydrogen (secondary N) is 1. The van der Waals surface area contributed by atoms with E-state index in [4.69, 9.17) is 9.47 Å². The van der Waals surface area contributed by atoms with Crippen LogP contribution in [0.15, 0.2) is 30.3 Å². The van der Waals surface area contributed by atoms with Crippen LogP contribution in [0.1, 0.15) is 11.1 Å². The molecule has 8 heteroatoms. The number of rotatable bonds is 6. The predicted molar refractivity (Wildman–Crippen MR) is 87.3 cm³/mol. The summed E-state index contributed by atoms with van der Waals surface area (Å²) >= 11 is 0. The van der Waals surface area contributed by atoms with Gasteiger partial charge in [0, 0.05) is 0 Å². The highest BCUT2D eigenvalue weighted by atomic mass is 19.2. The van der Waals surface area contributed by atoms with Crippen molar-refractivity contribution in [1.29, 1.82) is 0 Å². The van der Waals surface area contributed by atoms with E-state index in [0.717, 1.165) is 17.2 Å². The van der Waals surface area contributed by atoms with Crippen molar-refractivity contribution >= 4 is 17.6 Å². The third-order valence-electron chi connectivity index (χ3n) is 3.36. The van der Waals surface area contributed by atoms with Gasteiger partial charge in [0.25, 0.3) is 5.91 Å². The first-order valence-corrected chi connectivity index (χ1v) is 7.57. The molecular weight excluding hydrogens is 351 g/mol. The Morgan fingerprint density at radius 1 is 1.00 bits per heavy atom. The van der Waals surface area contributed by atoms with Crippen molar-refractivity contribution in [2.24, 2.45) is 0 Å². The van der Waals surface area contributed by atoms with Crippen LogP contribution in [0.3, 0.4) is 0 Å². The lowest BCUT2D eigenvalue weighted by Gasteiger charge is -2.10. The lowest BCUT2D eigenvalue weighted by Crippen LogP contribution is -2.24. The minimum Gasteiger partial charge on any atom is -0.482 e. The van der Waals surface area contributed by atoms with E-state index in [2.05, 4.69) is 0 Å². The summed E-state index contributed by atoms with van der Waals surface area (Å²) in [6, 6.07) is 7.00. The highest BCUT2D eigenvalue weighted by molar-refractivity contribution is 5.93. The molecule has 0 saturated carbocycles. The van der Waals surface area contributed by atoms with Crippen LogP contribution in [-0.2, 0) is 14.3 Å². The molecule has 0 aliphatic carbocycles. The van der Waals surface area contributed by atoms with E-state index in [1.165, 1.54) is 0 Å². The van der Waals surface area contributed by atoms with Gasteiger partial charge in [0.15, 0.2) is 30.7 Å². The smallest absolute Gasteiger partial charge is 0.344 e. The molecule has 2 rings (SSSR count). The van der Waals surface area contributed by atoms with Crippen LogP contribution in [0.25, 0.3) is 0 Å². The third-order valence-corrected chi connectivity index (χ3v) is 3.36. The molecule has 0 bridgehead atoms. The standard InChI is InChI=1S/C18H16F3NO4/c1-10-3-4-11(2)14(7-10)25-9-16(24)26-8-15(23)22-13-6-5-12(19)17(20)18(13)21/h3-7H,8-9H2,1-2H3,(H,22,23). The van der Waals surface area contributed by atoms with Gasteiger partial charge in [-0.05, 0) is 43.2 Å². The molecule has 0 atom stereocenters. The normalized spacial score (nSPS) is 10.3. The van der Waals surface area contributed by atoms with Crippen LogP contribution in [0.5, 0.6) is 5.75 Å². The van der Waals surface area contributed by atoms with E-state index in [1.54, 1.807) is 6.07 Å². The largest absolute Gasteiger partial charge is 0.482 e. The minimum atomic E-state index is -1.71. The number of carbonyl (C=O) groups excluding carboxylic acids is 2. The summed E-state index contributed by atoms with van der Waals surface area (Å²) < 4.78 is 49.4. The molecule has 0 heterocycles. The second kappa shape index (κ2) is 8.37. The number of hydrogen-bond donors (Lipinski definition) is 1. The summed E-state index contributed by atoms with van der Waals surface area (Å²) in [7, 11) is 0. The maximum atomic E-state index is 13.4. The van der Waals surface area contributed by atoms with Crippen molar-refractivity contribution in [2.75, 3.05) is 18.5 Å². The van der Waals surface area contributed by atoms with Gasteiger partial charge < -0.3 is 14.8 Å². The Morgan fingerprint density at radius 2 is 1.73 bits per heavy atom. The van der Waals surface area contributed by atoms with Crippen molar-refractivity contribution in [3.05, 3.63) is 58.9 Å². The van der Waals surface area contributed by atoms with Crippen LogP contribution >= 0.6 is 0 Å². The molecule has 0 unspecified atom stereocenters. The van der Waals surface area contributed by atoms with E-state index < -0.39 is 48.2 Å². The molecule has 0 aliphatic rings. The molecule has 2 aromatic rings. The summed E-state index contributed by atoms with van der Waals surface area (Å²) in [4.78, 5) is 23.3. The van der Waals surface area contributed by atoms with E-state index in [9.17, 15) is 22.8 Å². The number of ether oxygens (including phenoxy) is 2. The monoisotopic (exact) mass is 367 g/mol. The average molecular weight is 367 g/mol. The zero-order valence-electron chi connectivity index (χ0n) is 14.1. The first-order valence-electron chi connectivity index (χ1n) is 7.57. The summed E-state index contributed by atoms with van der Waals surface area (Å²) in [5.74, 6) is -5.84. The van der Waals surface area contributed by atoms with Gasteiger partial charge in [-0.1, -0.05) is 12.1 Å². The van der Waals surface area contributed by atoms with Crippen LogP contribution in [0, 0.1) is 31.3 Å². The zero-order chi connectivity index (χ0) is 19.3. The maximum absolute atomic E-state index is 13.4. The van der Waals surface area contributed by atoms with Crippen LogP contribution in [-0.4, -0.2) is 25.1 Å². The summed E-state index contributed by atoms with van der Waals surface area (Å²) in [6.45, 7) is 2.53. The van der Waals surface area contributed by atoms with Crippen molar-refractivity contribution in [1.82, 2.24) is 0 Å². The number of aryl methyl sites for hydroxylation is 2. The summed E-state index contributed by atoms with van der Waals surface area (Å²) in [5.41, 5.74) is 1.22. The Balaban J connectivity index is 1.83. The van der Waals surface area contributed by atoms with E-state index in [0.29, 0.717) is 11.8 Å². The number of halogens is 3. The Kier molecular flexibility index (Phi) is 6.21. The highest BCUT2D eigenvalue weighted by Gasteiger charge is 2.16. The molecule has 0 radical (unpaired) electrons. The topological polar surface area (TPSA) is 64.6 Å². The molecule has 1 N–H and O–H groups in total. The van der Waals surface area contributed by atoms with E-state index in [-0.39, 0.29) is 0 Å². The molecule has 0 aliphatic heterocycles.